The number of anilines is 2. The van der Waals surface area contributed by atoms with E-state index >= 15 is 0 Å². The quantitative estimate of drug-likeness (QED) is 0.609. The van der Waals surface area contributed by atoms with E-state index in [0.29, 0.717) is 11.3 Å². The highest BCUT2D eigenvalue weighted by Crippen LogP contribution is 2.18. The van der Waals surface area contributed by atoms with Crippen molar-refractivity contribution in [2.75, 3.05) is 17.2 Å². The van der Waals surface area contributed by atoms with E-state index in [2.05, 4.69) is 10.6 Å². The molecule has 2 N–H and O–H groups in total. The standard InChI is InChI=1S/C24H24N2O3/c1-3-18-9-5-7-11-22(18)26-24(28)19-12-14-20(15-13-19)29-16-23(27)25-21-10-6-4-8-17(21)2/h4-15H,3,16H2,1-2H3,(H,25,27)(H,26,28). The third-order valence-corrected chi connectivity index (χ3v) is 4.55. The summed E-state index contributed by atoms with van der Waals surface area (Å²) in [6.07, 6.45) is 0.841. The number of hydrogen-bond donors (Lipinski definition) is 2. The Kier molecular flexibility index (Phi) is 6.63. The third-order valence-electron chi connectivity index (χ3n) is 4.55. The zero-order valence-corrected chi connectivity index (χ0v) is 16.6. The van der Waals surface area contributed by atoms with Crippen LogP contribution in [0.15, 0.2) is 72.8 Å². The fourth-order valence-corrected chi connectivity index (χ4v) is 2.90. The molecule has 2 amide bonds. The van der Waals surface area contributed by atoms with E-state index in [9.17, 15) is 9.59 Å². The number of hydrogen-bond acceptors (Lipinski definition) is 3. The number of nitrogens with one attached hydrogen (secondary N) is 2. The molecule has 3 aromatic carbocycles. The lowest BCUT2D eigenvalue weighted by Gasteiger charge is -2.11. The summed E-state index contributed by atoms with van der Waals surface area (Å²) < 4.78 is 5.53. The summed E-state index contributed by atoms with van der Waals surface area (Å²) in [4.78, 5) is 24.6. The first kappa shape index (κ1) is 20.1. The van der Waals surface area contributed by atoms with Gasteiger partial charge in [-0.2, -0.15) is 0 Å². The van der Waals surface area contributed by atoms with Gasteiger partial charge in [-0.25, -0.2) is 0 Å². The molecular weight excluding hydrogens is 364 g/mol. The van der Waals surface area contributed by atoms with Crippen LogP contribution >= 0.6 is 0 Å². The number of aryl methyl sites for hydroxylation is 2. The molecule has 0 aromatic heterocycles. The maximum absolute atomic E-state index is 12.5. The summed E-state index contributed by atoms with van der Waals surface area (Å²) in [5, 5.41) is 5.76. The van der Waals surface area contributed by atoms with Gasteiger partial charge >= 0.3 is 0 Å². The Morgan fingerprint density at radius 2 is 1.48 bits per heavy atom. The lowest BCUT2D eigenvalue weighted by molar-refractivity contribution is -0.118. The minimum absolute atomic E-state index is 0.107. The van der Waals surface area contributed by atoms with Crippen LogP contribution in [0.3, 0.4) is 0 Å². The molecule has 5 nitrogen and oxygen atoms in total. The Morgan fingerprint density at radius 3 is 2.17 bits per heavy atom. The fourth-order valence-electron chi connectivity index (χ4n) is 2.90. The monoisotopic (exact) mass is 388 g/mol. The summed E-state index contributed by atoms with van der Waals surface area (Å²) in [7, 11) is 0. The first-order valence-corrected chi connectivity index (χ1v) is 9.54. The summed E-state index contributed by atoms with van der Waals surface area (Å²) in [6, 6.07) is 22.0. The second kappa shape index (κ2) is 9.55. The molecular formula is C24H24N2O3. The van der Waals surface area contributed by atoms with Gasteiger partial charge in [-0.15, -0.1) is 0 Å². The Morgan fingerprint density at radius 1 is 0.828 bits per heavy atom. The number of benzene rings is 3. The van der Waals surface area contributed by atoms with E-state index in [1.165, 1.54) is 0 Å². The van der Waals surface area contributed by atoms with Crippen molar-refractivity contribution in [1.29, 1.82) is 0 Å². The van der Waals surface area contributed by atoms with Crippen molar-refractivity contribution in [3.8, 4) is 5.75 Å². The molecule has 0 saturated heterocycles. The van der Waals surface area contributed by atoms with Gasteiger partial charge < -0.3 is 15.4 Å². The number of rotatable bonds is 7. The summed E-state index contributed by atoms with van der Waals surface area (Å²) in [5.41, 5.74) is 4.17. The second-order valence-corrected chi connectivity index (χ2v) is 6.64. The minimum Gasteiger partial charge on any atom is -0.484 e. The molecule has 0 atom stereocenters. The smallest absolute Gasteiger partial charge is 0.262 e. The van der Waals surface area contributed by atoms with Crippen molar-refractivity contribution >= 4 is 23.2 Å². The molecule has 0 bridgehead atoms. The highest BCUT2D eigenvalue weighted by atomic mass is 16.5. The number of amides is 2. The molecule has 148 valence electrons. The van der Waals surface area contributed by atoms with Crippen LogP contribution in [0.2, 0.25) is 0 Å². The largest absolute Gasteiger partial charge is 0.484 e. The van der Waals surface area contributed by atoms with Crippen LogP contribution in [0.4, 0.5) is 11.4 Å². The SMILES string of the molecule is CCc1ccccc1NC(=O)c1ccc(OCC(=O)Nc2ccccc2C)cc1. The van der Waals surface area contributed by atoms with E-state index < -0.39 is 0 Å². The Bertz CT molecular complexity index is 997. The van der Waals surface area contributed by atoms with Gasteiger partial charge in [0, 0.05) is 16.9 Å². The average Bonchev–Trinajstić information content (AvgIpc) is 2.74. The first-order valence-electron chi connectivity index (χ1n) is 9.54. The highest BCUT2D eigenvalue weighted by molar-refractivity contribution is 6.04. The van der Waals surface area contributed by atoms with E-state index in [-0.39, 0.29) is 18.4 Å². The molecule has 29 heavy (non-hydrogen) atoms. The lowest BCUT2D eigenvalue weighted by Crippen LogP contribution is -2.20. The van der Waals surface area contributed by atoms with E-state index in [4.69, 9.17) is 4.74 Å². The molecule has 0 aliphatic rings. The van der Waals surface area contributed by atoms with Crippen molar-refractivity contribution in [1.82, 2.24) is 0 Å². The Labute approximate surface area is 170 Å². The van der Waals surface area contributed by atoms with Crippen molar-refractivity contribution in [3.05, 3.63) is 89.5 Å². The number of ether oxygens (including phenoxy) is 1. The molecule has 0 aliphatic heterocycles. The van der Waals surface area contributed by atoms with Crippen LogP contribution < -0.4 is 15.4 Å². The van der Waals surface area contributed by atoms with Gasteiger partial charge in [0.05, 0.1) is 0 Å². The van der Waals surface area contributed by atoms with Crippen LogP contribution in [0.1, 0.15) is 28.4 Å². The van der Waals surface area contributed by atoms with Gasteiger partial charge in [0.2, 0.25) is 0 Å². The van der Waals surface area contributed by atoms with Gasteiger partial charge in [-0.05, 0) is 60.9 Å². The van der Waals surface area contributed by atoms with Crippen LogP contribution in [0.5, 0.6) is 5.75 Å². The highest BCUT2D eigenvalue weighted by Gasteiger charge is 2.09. The van der Waals surface area contributed by atoms with Crippen molar-refractivity contribution in [3.63, 3.8) is 0 Å². The van der Waals surface area contributed by atoms with Gasteiger partial charge in [0.25, 0.3) is 11.8 Å². The lowest BCUT2D eigenvalue weighted by atomic mass is 10.1. The molecule has 0 radical (unpaired) electrons. The third kappa shape index (κ3) is 5.45. The van der Waals surface area contributed by atoms with Gasteiger partial charge in [-0.3, -0.25) is 9.59 Å². The molecule has 5 heteroatoms. The van der Waals surface area contributed by atoms with Gasteiger partial charge in [0.15, 0.2) is 6.61 Å². The molecule has 3 rings (SSSR count). The van der Waals surface area contributed by atoms with E-state index in [1.807, 2.05) is 62.4 Å². The predicted octanol–water partition coefficient (Wildman–Crippen LogP) is 4.83. The van der Waals surface area contributed by atoms with Crippen LogP contribution in [-0.4, -0.2) is 18.4 Å². The minimum atomic E-state index is -0.239. The summed E-state index contributed by atoms with van der Waals surface area (Å²) in [6.45, 7) is 3.87. The van der Waals surface area contributed by atoms with Crippen molar-refractivity contribution in [2.24, 2.45) is 0 Å². The second-order valence-electron chi connectivity index (χ2n) is 6.64. The maximum atomic E-state index is 12.5. The molecule has 0 heterocycles. The Hall–Kier alpha value is -3.60. The molecule has 0 spiro atoms. The van der Waals surface area contributed by atoms with Crippen molar-refractivity contribution in [2.45, 2.75) is 20.3 Å². The number of carbonyl (C=O) groups is 2. The molecule has 3 aromatic rings. The van der Waals surface area contributed by atoms with Crippen molar-refractivity contribution < 1.29 is 14.3 Å². The fraction of sp³-hybridized carbons (Fsp3) is 0.167. The molecule has 0 fully saturated rings. The topological polar surface area (TPSA) is 67.4 Å². The number of carbonyl (C=O) groups excluding carboxylic acids is 2. The van der Waals surface area contributed by atoms with Crippen LogP contribution in [0, 0.1) is 6.92 Å². The predicted molar refractivity (Wildman–Crippen MR) is 116 cm³/mol. The van der Waals surface area contributed by atoms with Gasteiger partial charge in [0.1, 0.15) is 5.75 Å². The first-order chi connectivity index (χ1) is 14.1. The van der Waals surface area contributed by atoms with E-state index in [0.717, 1.165) is 28.9 Å². The molecule has 0 aliphatic carbocycles. The maximum Gasteiger partial charge on any atom is 0.262 e. The molecule has 0 saturated carbocycles. The normalized spacial score (nSPS) is 10.3. The van der Waals surface area contributed by atoms with Crippen LogP contribution in [0.25, 0.3) is 0 Å². The van der Waals surface area contributed by atoms with Gasteiger partial charge in [-0.1, -0.05) is 43.3 Å². The average molecular weight is 388 g/mol. The Balaban J connectivity index is 1.55. The van der Waals surface area contributed by atoms with E-state index in [1.54, 1.807) is 24.3 Å². The molecule has 0 unspecified atom stereocenters. The zero-order chi connectivity index (χ0) is 20.6. The van der Waals surface area contributed by atoms with Crippen LogP contribution in [-0.2, 0) is 11.2 Å². The zero-order valence-electron chi connectivity index (χ0n) is 16.6. The summed E-state index contributed by atoms with van der Waals surface area (Å²) >= 11 is 0. The summed E-state index contributed by atoms with van der Waals surface area (Å²) in [5.74, 6) is 0.0995. The number of para-hydroxylation sites is 2.